The molecule has 0 amide bonds. The molecule has 1 aliphatic rings. The zero-order valence-corrected chi connectivity index (χ0v) is 22.8. The second kappa shape index (κ2) is 12.5. The molecule has 1 aliphatic heterocycles. The Morgan fingerprint density at radius 3 is 2.61 bits per heavy atom. The quantitative estimate of drug-likeness (QED) is 0.391. The third-order valence-electron chi connectivity index (χ3n) is 6.42. The first kappa shape index (κ1) is 28.1. The van der Waals surface area contributed by atoms with E-state index in [0.717, 1.165) is 35.5 Å². The number of cyclic esters (lactones) is 1. The molecule has 1 aromatic rings. The van der Waals surface area contributed by atoms with Crippen LogP contribution in [-0.2, 0) is 9.53 Å². The van der Waals surface area contributed by atoms with E-state index in [1.807, 2.05) is 46.1 Å². The first-order valence-electron chi connectivity index (χ1n) is 11.9. The minimum Gasteiger partial charge on any atom is -0.457 e. The Morgan fingerprint density at radius 2 is 1.97 bits per heavy atom. The standard InChI is InChI=1S/C26H41NO4S2/c1-16-9-8-10-17(2)25(30)19(4)33-26(6,7)23(28)14-24(29)31-22(12-11-16)18(3)13-21-15-32-20(5)27-21/h11,13,15,17,19,22-23,25,28,30H,8-10,12,14H2,1-7H3/b16-11+,18-13+/t17-,19+,22-,23-,25-/m0/s1. The lowest BCUT2D eigenvalue weighted by Crippen LogP contribution is -2.40. The number of carbonyl (C=O) groups excluding carboxylic acids is 1. The Bertz CT molecular complexity index is 845. The molecule has 2 rings (SSSR count). The van der Waals surface area contributed by atoms with Gasteiger partial charge in [-0.05, 0) is 71.4 Å². The van der Waals surface area contributed by atoms with E-state index in [9.17, 15) is 15.0 Å². The number of thioether (sulfide) groups is 1. The zero-order chi connectivity index (χ0) is 24.8. The van der Waals surface area contributed by atoms with Crippen molar-refractivity contribution >= 4 is 35.1 Å². The summed E-state index contributed by atoms with van der Waals surface area (Å²) in [5.74, 6) is -0.242. The summed E-state index contributed by atoms with van der Waals surface area (Å²) in [6.45, 7) is 14.0. The second-order valence-corrected chi connectivity index (χ2v) is 13.0. The number of aliphatic hydroxyl groups is 2. The maximum atomic E-state index is 12.8. The number of aliphatic hydroxyl groups excluding tert-OH is 2. The predicted molar refractivity (Wildman–Crippen MR) is 140 cm³/mol. The number of nitrogens with zero attached hydrogens (tertiary/aromatic N) is 1. The number of hydrogen-bond donors (Lipinski definition) is 2. The summed E-state index contributed by atoms with van der Waals surface area (Å²) in [4.78, 5) is 17.3. The van der Waals surface area contributed by atoms with Crippen LogP contribution in [0.3, 0.4) is 0 Å². The van der Waals surface area contributed by atoms with Crippen molar-refractivity contribution < 1.29 is 19.7 Å². The van der Waals surface area contributed by atoms with Crippen LogP contribution in [0.5, 0.6) is 0 Å². The van der Waals surface area contributed by atoms with Crippen molar-refractivity contribution in [3.63, 3.8) is 0 Å². The second-order valence-electron chi connectivity index (χ2n) is 9.95. The van der Waals surface area contributed by atoms with Crippen molar-refractivity contribution in [3.8, 4) is 0 Å². The van der Waals surface area contributed by atoms with E-state index in [4.69, 9.17) is 4.74 Å². The minimum atomic E-state index is -0.878. The van der Waals surface area contributed by atoms with Crippen LogP contribution in [0.15, 0.2) is 22.6 Å². The molecule has 5 atom stereocenters. The fourth-order valence-electron chi connectivity index (χ4n) is 4.08. The average molecular weight is 496 g/mol. The van der Waals surface area contributed by atoms with Crippen LogP contribution in [-0.4, -0.2) is 49.5 Å². The summed E-state index contributed by atoms with van der Waals surface area (Å²) in [5.41, 5.74) is 3.07. The van der Waals surface area contributed by atoms with Crippen LogP contribution in [0.1, 0.15) is 84.3 Å². The SMILES string of the molecule is C/C1=C\C[C@@H](/C(C)=C/c2csc(C)n2)OC(=O)C[C@H](O)C(C)(C)S[C@H](C)[C@@H](O)[C@@H](C)CCC1. The normalized spacial score (nSPS) is 32.6. The predicted octanol–water partition coefficient (Wildman–Crippen LogP) is 5.94. The molecule has 2 N–H and O–H groups in total. The number of aryl methyl sites for hydroxylation is 1. The van der Waals surface area contributed by atoms with Gasteiger partial charge >= 0.3 is 5.97 Å². The molecule has 0 radical (unpaired) electrons. The number of carbonyl (C=O) groups is 1. The van der Waals surface area contributed by atoms with Crippen LogP contribution in [0.25, 0.3) is 6.08 Å². The Kier molecular flexibility index (Phi) is 10.7. The highest BCUT2D eigenvalue weighted by Gasteiger charge is 2.35. The number of aromatic nitrogens is 1. The van der Waals surface area contributed by atoms with Crippen LogP contribution >= 0.6 is 23.1 Å². The van der Waals surface area contributed by atoms with Crippen molar-refractivity contribution in [3.05, 3.63) is 33.3 Å². The van der Waals surface area contributed by atoms with Crippen LogP contribution in [0.2, 0.25) is 0 Å². The van der Waals surface area contributed by atoms with Crippen molar-refractivity contribution in [2.45, 2.75) is 109 Å². The molecule has 0 saturated carbocycles. The van der Waals surface area contributed by atoms with Crippen LogP contribution in [0, 0.1) is 12.8 Å². The smallest absolute Gasteiger partial charge is 0.309 e. The topological polar surface area (TPSA) is 79.7 Å². The number of esters is 1. The molecular formula is C26H41NO4S2. The maximum Gasteiger partial charge on any atom is 0.309 e. The molecule has 5 nitrogen and oxygen atoms in total. The highest BCUT2D eigenvalue weighted by Crippen LogP contribution is 2.37. The number of thiazole rings is 1. The van der Waals surface area contributed by atoms with Crippen LogP contribution < -0.4 is 0 Å². The largest absolute Gasteiger partial charge is 0.457 e. The van der Waals surface area contributed by atoms with Gasteiger partial charge in [-0.2, -0.15) is 0 Å². The molecule has 1 aromatic heterocycles. The van der Waals surface area contributed by atoms with Crippen molar-refractivity contribution in [2.24, 2.45) is 5.92 Å². The van der Waals surface area contributed by atoms with Gasteiger partial charge in [-0.1, -0.05) is 25.5 Å². The summed E-state index contributed by atoms with van der Waals surface area (Å²) in [6, 6.07) is 0. The molecule has 0 unspecified atom stereocenters. The van der Waals surface area contributed by atoms with Gasteiger partial charge in [-0.15, -0.1) is 23.1 Å². The minimum absolute atomic E-state index is 0.0512. The van der Waals surface area contributed by atoms with Crippen molar-refractivity contribution in [2.75, 3.05) is 0 Å². The molecule has 0 fully saturated rings. The van der Waals surface area contributed by atoms with Crippen LogP contribution in [0.4, 0.5) is 0 Å². The van der Waals surface area contributed by atoms with Crippen molar-refractivity contribution in [1.82, 2.24) is 4.98 Å². The number of rotatable bonds is 2. The van der Waals surface area contributed by atoms with E-state index in [1.54, 1.807) is 11.3 Å². The van der Waals surface area contributed by atoms with E-state index in [1.165, 1.54) is 17.3 Å². The van der Waals surface area contributed by atoms with E-state index in [0.29, 0.717) is 6.42 Å². The number of hydrogen-bond acceptors (Lipinski definition) is 7. The summed E-state index contributed by atoms with van der Waals surface area (Å²) >= 11 is 3.13. The molecule has 2 heterocycles. The Labute approximate surface area is 207 Å². The van der Waals surface area contributed by atoms with Gasteiger partial charge < -0.3 is 14.9 Å². The lowest BCUT2D eigenvalue weighted by Gasteiger charge is -2.35. The highest BCUT2D eigenvalue weighted by molar-refractivity contribution is 8.01. The molecule has 0 saturated heterocycles. The molecule has 0 spiro atoms. The van der Waals surface area contributed by atoms with Gasteiger partial charge in [0.1, 0.15) is 6.10 Å². The summed E-state index contributed by atoms with van der Waals surface area (Å²) < 4.78 is 5.28. The Hall–Kier alpha value is -1.15. The van der Waals surface area contributed by atoms with E-state index >= 15 is 0 Å². The van der Waals surface area contributed by atoms with E-state index < -0.39 is 29.0 Å². The van der Waals surface area contributed by atoms with Gasteiger partial charge in [0, 0.05) is 21.8 Å². The van der Waals surface area contributed by atoms with E-state index in [2.05, 4.69) is 24.9 Å². The molecule has 186 valence electrons. The lowest BCUT2D eigenvalue weighted by atomic mass is 9.94. The molecule has 0 aliphatic carbocycles. The summed E-state index contributed by atoms with van der Waals surface area (Å²) in [5, 5.41) is 24.6. The van der Waals surface area contributed by atoms with Crippen molar-refractivity contribution in [1.29, 1.82) is 0 Å². The lowest BCUT2D eigenvalue weighted by molar-refractivity contribution is -0.149. The van der Waals surface area contributed by atoms with Gasteiger partial charge in [-0.25, -0.2) is 4.98 Å². The summed E-state index contributed by atoms with van der Waals surface area (Å²) in [7, 11) is 0. The third-order valence-corrected chi connectivity index (χ3v) is 8.74. The highest BCUT2D eigenvalue weighted by atomic mass is 32.2. The van der Waals surface area contributed by atoms with E-state index in [-0.39, 0.29) is 17.6 Å². The Morgan fingerprint density at radius 1 is 1.27 bits per heavy atom. The molecule has 7 heteroatoms. The fourth-order valence-corrected chi connectivity index (χ4v) is 6.26. The molecule has 33 heavy (non-hydrogen) atoms. The zero-order valence-electron chi connectivity index (χ0n) is 21.1. The third kappa shape index (κ3) is 8.85. The first-order chi connectivity index (χ1) is 15.4. The molecular weight excluding hydrogens is 454 g/mol. The monoisotopic (exact) mass is 495 g/mol. The van der Waals surface area contributed by atoms with Gasteiger partial charge in [0.2, 0.25) is 0 Å². The molecule has 0 aromatic carbocycles. The number of allylic oxidation sites excluding steroid dienone is 1. The summed E-state index contributed by atoms with van der Waals surface area (Å²) in [6.07, 6.45) is 5.79. The van der Waals surface area contributed by atoms with Gasteiger partial charge in [-0.3, -0.25) is 4.79 Å². The fraction of sp³-hybridized carbons (Fsp3) is 0.692. The molecule has 0 bridgehead atoms. The van der Waals surface area contributed by atoms with Gasteiger partial charge in [0.05, 0.1) is 29.3 Å². The average Bonchev–Trinajstić information content (AvgIpc) is 3.13. The Balaban J connectivity index is 2.27. The number of ether oxygens (including phenoxy) is 1. The first-order valence-corrected chi connectivity index (χ1v) is 13.6. The van der Waals surface area contributed by atoms with Gasteiger partial charge in [0.15, 0.2) is 0 Å². The maximum absolute atomic E-state index is 12.8. The van der Waals surface area contributed by atoms with Gasteiger partial charge in [0.25, 0.3) is 0 Å².